The summed E-state index contributed by atoms with van der Waals surface area (Å²) < 4.78 is 6.42. The van der Waals surface area contributed by atoms with Crippen LogP contribution in [0.3, 0.4) is 0 Å². The molecule has 1 aromatic heterocycles. The Morgan fingerprint density at radius 2 is 2.00 bits per heavy atom. The second kappa shape index (κ2) is 4.43. The molecule has 3 nitrogen and oxygen atoms in total. The number of carbonyl (C=O) groups excluding carboxylic acids is 1. The third-order valence-electron chi connectivity index (χ3n) is 2.66. The third kappa shape index (κ3) is 2.43. The summed E-state index contributed by atoms with van der Waals surface area (Å²) in [6.45, 7) is 7.52. The van der Waals surface area contributed by atoms with Crippen molar-refractivity contribution in [3.63, 3.8) is 0 Å². The number of nitrogens with one attached hydrogen (secondary N) is 1. The maximum atomic E-state index is 11.9. The highest BCUT2D eigenvalue weighted by molar-refractivity contribution is 9.10. The van der Waals surface area contributed by atoms with Crippen molar-refractivity contribution in [2.24, 2.45) is 5.41 Å². The van der Waals surface area contributed by atoms with Gasteiger partial charge in [0.2, 0.25) is 0 Å². The minimum absolute atomic E-state index is 0.235. The quantitative estimate of drug-likeness (QED) is 0.803. The molecule has 0 saturated heterocycles. The molecule has 0 aliphatic heterocycles. The molecule has 0 saturated carbocycles. The van der Waals surface area contributed by atoms with Gasteiger partial charge >= 0.3 is 5.97 Å². The Bertz CT molecular complexity index is 608. The van der Waals surface area contributed by atoms with E-state index in [1.54, 1.807) is 6.20 Å². The van der Waals surface area contributed by atoms with Gasteiger partial charge in [0.25, 0.3) is 0 Å². The minimum Gasteiger partial charge on any atom is -0.424 e. The summed E-state index contributed by atoms with van der Waals surface area (Å²) in [6, 6.07) is 4.02. The van der Waals surface area contributed by atoms with Gasteiger partial charge in [0.05, 0.1) is 10.9 Å². The molecule has 0 atom stereocenters. The van der Waals surface area contributed by atoms with Crippen LogP contribution in [-0.4, -0.2) is 11.0 Å². The fourth-order valence-corrected chi connectivity index (χ4v) is 2.33. The van der Waals surface area contributed by atoms with Crippen LogP contribution >= 0.6 is 15.9 Å². The summed E-state index contributed by atoms with van der Waals surface area (Å²) >= 11 is 3.49. The third-order valence-corrected chi connectivity index (χ3v) is 3.29. The van der Waals surface area contributed by atoms with Crippen molar-refractivity contribution in [1.82, 2.24) is 4.98 Å². The Morgan fingerprint density at radius 1 is 1.33 bits per heavy atom. The van der Waals surface area contributed by atoms with Crippen molar-refractivity contribution >= 4 is 32.8 Å². The fourth-order valence-electron chi connectivity index (χ4n) is 1.64. The van der Waals surface area contributed by atoms with Crippen LogP contribution in [0.5, 0.6) is 5.75 Å². The summed E-state index contributed by atoms with van der Waals surface area (Å²) in [6.07, 6.45) is 1.72. The normalized spacial score (nSPS) is 11.8. The molecule has 1 heterocycles. The van der Waals surface area contributed by atoms with E-state index in [1.807, 2.05) is 39.8 Å². The second-order valence-electron chi connectivity index (χ2n) is 5.46. The predicted octanol–water partition coefficient (Wildman–Crippen LogP) is 4.19. The largest absolute Gasteiger partial charge is 0.424 e. The van der Waals surface area contributed by atoms with E-state index >= 15 is 0 Å². The van der Waals surface area contributed by atoms with E-state index in [2.05, 4.69) is 20.9 Å². The molecule has 0 unspecified atom stereocenters. The van der Waals surface area contributed by atoms with Crippen LogP contribution in [0.25, 0.3) is 10.9 Å². The number of hydrogen-bond acceptors (Lipinski definition) is 2. The summed E-state index contributed by atoms with van der Waals surface area (Å²) in [5, 5.41) is 0.916. The van der Waals surface area contributed by atoms with Gasteiger partial charge in [0.15, 0.2) is 5.75 Å². The molecule has 0 fully saturated rings. The van der Waals surface area contributed by atoms with Crippen molar-refractivity contribution in [3.8, 4) is 5.75 Å². The van der Waals surface area contributed by atoms with E-state index in [4.69, 9.17) is 4.74 Å². The average molecular weight is 310 g/mol. The molecule has 18 heavy (non-hydrogen) atoms. The monoisotopic (exact) mass is 309 g/mol. The smallest absolute Gasteiger partial charge is 0.316 e. The summed E-state index contributed by atoms with van der Waals surface area (Å²) in [7, 11) is 0. The lowest BCUT2D eigenvalue weighted by Gasteiger charge is -2.15. The van der Waals surface area contributed by atoms with Gasteiger partial charge in [0, 0.05) is 16.1 Å². The number of aromatic amines is 1. The topological polar surface area (TPSA) is 42.1 Å². The van der Waals surface area contributed by atoms with Crippen molar-refractivity contribution in [1.29, 1.82) is 0 Å². The number of hydrogen-bond donors (Lipinski definition) is 1. The minimum atomic E-state index is -0.509. The molecular weight excluding hydrogens is 294 g/mol. The van der Waals surface area contributed by atoms with E-state index in [-0.39, 0.29) is 5.97 Å². The first-order valence-corrected chi connectivity index (χ1v) is 6.58. The molecule has 1 aromatic carbocycles. The summed E-state index contributed by atoms with van der Waals surface area (Å²) in [5.74, 6) is 0.343. The van der Waals surface area contributed by atoms with E-state index in [0.29, 0.717) is 5.75 Å². The summed E-state index contributed by atoms with van der Waals surface area (Å²) in [5.41, 5.74) is 1.55. The zero-order valence-corrected chi connectivity index (χ0v) is 12.5. The van der Waals surface area contributed by atoms with Gasteiger partial charge in [0.1, 0.15) is 0 Å². The molecule has 0 aliphatic carbocycles. The molecule has 0 bridgehead atoms. The highest BCUT2D eigenvalue weighted by Gasteiger charge is 2.24. The van der Waals surface area contributed by atoms with Crippen molar-refractivity contribution < 1.29 is 9.53 Å². The Balaban J connectivity index is 2.44. The standard InChI is InChI=1S/C14H16BrNO2/c1-8-5-9-11(18-13(17)14(2,3)4)7-16-12(9)10(15)6-8/h5-7,16H,1-4H3. The van der Waals surface area contributed by atoms with Crippen LogP contribution < -0.4 is 4.74 Å². The lowest BCUT2D eigenvalue weighted by molar-refractivity contribution is -0.142. The molecule has 0 amide bonds. The van der Waals surface area contributed by atoms with Crippen LogP contribution in [0, 0.1) is 12.3 Å². The van der Waals surface area contributed by atoms with Crippen LogP contribution in [0.4, 0.5) is 0 Å². The van der Waals surface area contributed by atoms with E-state index in [0.717, 1.165) is 20.9 Å². The maximum Gasteiger partial charge on any atom is 0.316 e. The molecule has 96 valence electrons. The Hall–Kier alpha value is -1.29. The first-order chi connectivity index (χ1) is 8.29. The van der Waals surface area contributed by atoms with Crippen LogP contribution in [0.1, 0.15) is 26.3 Å². The van der Waals surface area contributed by atoms with E-state index < -0.39 is 5.41 Å². The number of fused-ring (bicyclic) bond motifs is 1. The first-order valence-electron chi connectivity index (χ1n) is 5.78. The van der Waals surface area contributed by atoms with Gasteiger partial charge in [-0.2, -0.15) is 0 Å². The fraction of sp³-hybridized carbons (Fsp3) is 0.357. The molecule has 0 spiro atoms. The molecule has 1 N–H and O–H groups in total. The summed E-state index contributed by atoms with van der Waals surface area (Å²) in [4.78, 5) is 15.0. The molecule has 2 aromatic rings. The van der Waals surface area contributed by atoms with Gasteiger partial charge in [-0.05, 0) is 61.3 Å². The van der Waals surface area contributed by atoms with E-state index in [9.17, 15) is 4.79 Å². The van der Waals surface area contributed by atoms with Crippen molar-refractivity contribution in [3.05, 3.63) is 28.4 Å². The number of carbonyl (C=O) groups is 1. The first kappa shape index (κ1) is 13.1. The van der Waals surface area contributed by atoms with Crippen molar-refractivity contribution in [2.75, 3.05) is 0 Å². The average Bonchev–Trinajstić information content (AvgIpc) is 2.60. The zero-order valence-electron chi connectivity index (χ0n) is 10.9. The Kier molecular flexibility index (Phi) is 3.23. The SMILES string of the molecule is Cc1cc(Br)c2[nH]cc(OC(=O)C(C)(C)C)c2c1. The van der Waals surface area contributed by atoms with Crippen LogP contribution in [-0.2, 0) is 4.79 Å². The number of esters is 1. The van der Waals surface area contributed by atoms with Gasteiger partial charge in [-0.15, -0.1) is 0 Å². The van der Waals surface area contributed by atoms with Gasteiger partial charge < -0.3 is 9.72 Å². The Labute approximate surface area is 115 Å². The highest BCUT2D eigenvalue weighted by atomic mass is 79.9. The molecule has 2 rings (SSSR count). The van der Waals surface area contributed by atoms with Crippen LogP contribution in [0.2, 0.25) is 0 Å². The van der Waals surface area contributed by atoms with Gasteiger partial charge in [-0.3, -0.25) is 4.79 Å². The lowest BCUT2D eigenvalue weighted by atomic mass is 9.97. The number of rotatable bonds is 1. The predicted molar refractivity (Wildman–Crippen MR) is 75.8 cm³/mol. The van der Waals surface area contributed by atoms with Crippen LogP contribution in [0.15, 0.2) is 22.8 Å². The number of aryl methyl sites for hydroxylation is 1. The number of halogens is 1. The number of aromatic nitrogens is 1. The van der Waals surface area contributed by atoms with E-state index in [1.165, 1.54) is 0 Å². The Morgan fingerprint density at radius 3 is 2.61 bits per heavy atom. The maximum absolute atomic E-state index is 11.9. The molecular formula is C14H16BrNO2. The van der Waals surface area contributed by atoms with Crippen molar-refractivity contribution in [2.45, 2.75) is 27.7 Å². The molecule has 0 radical (unpaired) electrons. The molecule has 4 heteroatoms. The number of ether oxygens (including phenoxy) is 1. The lowest BCUT2D eigenvalue weighted by Crippen LogP contribution is -2.25. The second-order valence-corrected chi connectivity index (χ2v) is 6.32. The number of H-pyrrole nitrogens is 1. The zero-order chi connectivity index (χ0) is 13.5. The highest BCUT2D eigenvalue weighted by Crippen LogP contribution is 2.33. The number of benzene rings is 1. The van der Waals surface area contributed by atoms with Gasteiger partial charge in [-0.25, -0.2) is 0 Å². The molecule has 0 aliphatic rings. The van der Waals surface area contributed by atoms with Gasteiger partial charge in [-0.1, -0.05) is 0 Å².